The van der Waals surface area contributed by atoms with Gasteiger partial charge in [-0.1, -0.05) is 48.5 Å². The van der Waals surface area contributed by atoms with Gasteiger partial charge in [0.05, 0.1) is 28.8 Å². The third kappa shape index (κ3) is 5.20. The fraction of sp³-hybridized carbons (Fsp3) is 0.194. The molecule has 9 heteroatoms. The molecule has 4 aromatic rings. The van der Waals surface area contributed by atoms with Crippen molar-refractivity contribution in [3.8, 4) is 22.1 Å². The highest BCUT2D eigenvalue weighted by atomic mass is 32.1. The molecule has 204 valence electrons. The van der Waals surface area contributed by atoms with Gasteiger partial charge in [0, 0.05) is 12.1 Å². The van der Waals surface area contributed by atoms with Crippen LogP contribution < -0.4 is 4.74 Å². The molecule has 40 heavy (non-hydrogen) atoms. The number of aliphatic hydroxyl groups excluding tert-OH is 1. The molecule has 1 amide bonds. The van der Waals surface area contributed by atoms with E-state index in [-0.39, 0.29) is 29.4 Å². The highest BCUT2D eigenvalue weighted by molar-refractivity contribution is 7.17. The standard InChI is InChI=1S/C31H27FN2O5S/c1-3-39-24-17-21(11-14-23(24)35)26-25(27(36)29-18(2)33-30(40-29)20-7-5-4-6-8-20)28(37)31(38)34(26)16-15-19-9-12-22(32)13-10-19/h4-14,17,26,35,37H,3,15-16H2,1-2H3. The van der Waals surface area contributed by atoms with Crippen LogP contribution in [0.3, 0.4) is 0 Å². The van der Waals surface area contributed by atoms with Crippen LogP contribution in [0.5, 0.6) is 11.5 Å². The van der Waals surface area contributed by atoms with Crippen molar-refractivity contribution < 1.29 is 28.9 Å². The molecule has 5 rings (SSSR count). The van der Waals surface area contributed by atoms with Crippen LogP contribution in [0.4, 0.5) is 4.39 Å². The Hall–Kier alpha value is -4.50. The second-order valence-corrected chi connectivity index (χ2v) is 10.3. The van der Waals surface area contributed by atoms with Gasteiger partial charge in [0.25, 0.3) is 5.91 Å². The average molecular weight is 559 g/mol. The Kier molecular flexibility index (Phi) is 7.66. The van der Waals surface area contributed by atoms with E-state index in [1.54, 1.807) is 38.1 Å². The number of thiazole rings is 1. The van der Waals surface area contributed by atoms with E-state index in [0.717, 1.165) is 11.1 Å². The van der Waals surface area contributed by atoms with Crippen molar-refractivity contribution in [3.63, 3.8) is 0 Å². The third-order valence-corrected chi connectivity index (χ3v) is 7.93. The Morgan fingerprint density at radius 1 is 1.07 bits per heavy atom. The van der Waals surface area contributed by atoms with Crippen molar-refractivity contribution in [3.05, 3.63) is 112 Å². The number of phenols is 1. The summed E-state index contributed by atoms with van der Waals surface area (Å²) in [5.74, 6) is -2.07. The number of ether oxygens (including phenoxy) is 1. The molecule has 0 saturated heterocycles. The van der Waals surface area contributed by atoms with E-state index in [9.17, 15) is 24.2 Å². The molecule has 1 unspecified atom stereocenters. The maximum Gasteiger partial charge on any atom is 0.290 e. The Morgan fingerprint density at radius 2 is 1.80 bits per heavy atom. The molecule has 0 spiro atoms. The SMILES string of the molecule is CCOc1cc(C2C(C(=O)c3sc(-c4ccccc4)nc3C)=C(O)C(=O)N2CCc2ccc(F)cc2)ccc1O. The van der Waals surface area contributed by atoms with E-state index < -0.39 is 23.5 Å². The highest BCUT2D eigenvalue weighted by Crippen LogP contribution is 2.43. The molecule has 3 aromatic carbocycles. The summed E-state index contributed by atoms with van der Waals surface area (Å²) >= 11 is 1.20. The fourth-order valence-corrected chi connectivity index (χ4v) is 5.79. The lowest BCUT2D eigenvalue weighted by molar-refractivity contribution is -0.129. The number of benzene rings is 3. The van der Waals surface area contributed by atoms with Gasteiger partial charge in [-0.25, -0.2) is 9.37 Å². The number of phenolic OH excluding ortho intramolecular Hbond substituents is 1. The molecular weight excluding hydrogens is 531 g/mol. The number of rotatable bonds is 9. The zero-order chi connectivity index (χ0) is 28.4. The molecule has 0 fully saturated rings. The first-order valence-electron chi connectivity index (χ1n) is 12.8. The van der Waals surface area contributed by atoms with Crippen molar-refractivity contribution >= 4 is 23.0 Å². The van der Waals surface area contributed by atoms with E-state index in [0.29, 0.717) is 34.2 Å². The molecule has 2 heterocycles. The molecule has 1 aliphatic heterocycles. The number of aromatic hydroxyl groups is 1. The van der Waals surface area contributed by atoms with Crippen molar-refractivity contribution in [1.29, 1.82) is 0 Å². The lowest BCUT2D eigenvalue weighted by Gasteiger charge is -2.27. The largest absolute Gasteiger partial charge is 0.504 e. The van der Waals surface area contributed by atoms with E-state index in [1.807, 2.05) is 30.3 Å². The highest BCUT2D eigenvalue weighted by Gasteiger charge is 2.44. The maximum absolute atomic E-state index is 14.0. The molecule has 0 radical (unpaired) electrons. The van der Waals surface area contributed by atoms with E-state index >= 15 is 0 Å². The van der Waals surface area contributed by atoms with Crippen LogP contribution in [0.1, 0.15) is 39.5 Å². The first-order valence-corrected chi connectivity index (χ1v) is 13.6. The third-order valence-electron chi connectivity index (χ3n) is 6.73. The average Bonchev–Trinajstić information content (AvgIpc) is 3.47. The molecule has 0 bridgehead atoms. The Morgan fingerprint density at radius 3 is 2.50 bits per heavy atom. The molecule has 7 nitrogen and oxygen atoms in total. The first kappa shape index (κ1) is 27.1. The summed E-state index contributed by atoms with van der Waals surface area (Å²) in [6.45, 7) is 3.94. The van der Waals surface area contributed by atoms with Crippen molar-refractivity contribution in [2.75, 3.05) is 13.2 Å². The van der Waals surface area contributed by atoms with Gasteiger partial charge in [-0.05, 0) is 55.7 Å². The number of nitrogens with zero attached hydrogens (tertiary/aromatic N) is 2. The van der Waals surface area contributed by atoms with Crippen LogP contribution in [-0.2, 0) is 11.2 Å². The summed E-state index contributed by atoms with van der Waals surface area (Å²) in [6, 6.07) is 19.1. The minimum atomic E-state index is -0.943. The van der Waals surface area contributed by atoms with E-state index in [2.05, 4.69) is 4.98 Å². The molecule has 0 aliphatic carbocycles. The predicted molar refractivity (Wildman–Crippen MR) is 150 cm³/mol. The van der Waals surface area contributed by atoms with Crippen LogP contribution in [0, 0.1) is 12.7 Å². The number of ketones is 1. The molecule has 2 N–H and O–H groups in total. The van der Waals surface area contributed by atoms with Gasteiger partial charge in [-0.15, -0.1) is 11.3 Å². The van der Waals surface area contributed by atoms with Gasteiger partial charge in [-0.2, -0.15) is 0 Å². The summed E-state index contributed by atoms with van der Waals surface area (Å²) in [4.78, 5) is 33.8. The second kappa shape index (κ2) is 11.3. The molecule has 1 aliphatic rings. The normalized spacial score (nSPS) is 15.1. The van der Waals surface area contributed by atoms with Crippen LogP contribution in [-0.4, -0.2) is 44.9 Å². The zero-order valence-electron chi connectivity index (χ0n) is 21.9. The number of aliphatic hydroxyl groups is 1. The van der Waals surface area contributed by atoms with Crippen LogP contribution >= 0.6 is 11.3 Å². The minimum absolute atomic E-state index is 0.0661. The lowest BCUT2D eigenvalue weighted by atomic mass is 9.94. The summed E-state index contributed by atoms with van der Waals surface area (Å²) in [7, 11) is 0. The number of Topliss-reactive ketones (excluding diaryl/α,β-unsaturated/α-hetero) is 1. The quantitative estimate of drug-likeness (QED) is 0.238. The van der Waals surface area contributed by atoms with Crippen LogP contribution in [0.25, 0.3) is 10.6 Å². The van der Waals surface area contributed by atoms with Crippen LogP contribution in [0.15, 0.2) is 84.1 Å². The number of aromatic nitrogens is 1. The number of halogens is 1. The number of carbonyl (C=O) groups excluding carboxylic acids is 2. The number of amides is 1. The number of hydrogen-bond donors (Lipinski definition) is 2. The Balaban J connectivity index is 1.55. The topological polar surface area (TPSA) is 100.0 Å². The van der Waals surface area contributed by atoms with Gasteiger partial charge < -0.3 is 19.8 Å². The second-order valence-electron chi connectivity index (χ2n) is 9.33. The van der Waals surface area contributed by atoms with Crippen molar-refractivity contribution in [1.82, 2.24) is 9.88 Å². The van der Waals surface area contributed by atoms with Gasteiger partial charge in [0.2, 0.25) is 5.78 Å². The number of aryl methyl sites for hydroxylation is 1. The summed E-state index contributed by atoms with van der Waals surface area (Å²) < 4.78 is 19.0. The number of hydrogen-bond acceptors (Lipinski definition) is 7. The Labute approximate surface area is 234 Å². The monoisotopic (exact) mass is 558 g/mol. The van der Waals surface area contributed by atoms with Gasteiger partial charge in [-0.3, -0.25) is 9.59 Å². The van der Waals surface area contributed by atoms with E-state index in [4.69, 9.17) is 4.74 Å². The molecule has 1 aromatic heterocycles. The zero-order valence-corrected chi connectivity index (χ0v) is 22.7. The summed E-state index contributed by atoms with van der Waals surface area (Å²) in [6.07, 6.45) is 0.366. The first-order chi connectivity index (χ1) is 19.3. The fourth-order valence-electron chi connectivity index (χ4n) is 4.77. The molecule has 0 saturated carbocycles. The molecule has 1 atom stereocenters. The predicted octanol–water partition coefficient (Wildman–Crippen LogP) is 6.18. The van der Waals surface area contributed by atoms with Gasteiger partial charge >= 0.3 is 0 Å². The number of carbonyl (C=O) groups is 2. The van der Waals surface area contributed by atoms with Gasteiger partial charge in [0.1, 0.15) is 10.8 Å². The summed E-state index contributed by atoms with van der Waals surface area (Å²) in [5, 5.41) is 22.0. The lowest BCUT2D eigenvalue weighted by Crippen LogP contribution is -2.33. The van der Waals surface area contributed by atoms with Gasteiger partial charge in [0.15, 0.2) is 17.3 Å². The van der Waals surface area contributed by atoms with E-state index in [1.165, 1.54) is 34.4 Å². The minimum Gasteiger partial charge on any atom is -0.504 e. The maximum atomic E-state index is 14.0. The van der Waals surface area contributed by atoms with Crippen molar-refractivity contribution in [2.45, 2.75) is 26.3 Å². The smallest absolute Gasteiger partial charge is 0.290 e. The Bertz CT molecular complexity index is 1600. The van der Waals surface area contributed by atoms with Crippen molar-refractivity contribution in [2.24, 2.45) is 0 Å². The van der Waals surface area contributed by atoms with Crippen LogP contribution in [0.2, 0.25) is 0 Å². The molecular formula is C31H27FN2O5S. The summed E-state index contributed by atoms with van der Waals surface area (Å²) in [5.41, 5.74) is 2.56.